The van der Waals surface area contributed by atoms with E-state index in [1.807, 2.05) is 12.1 Å². The summed E-state index contributed by atoms with van der Waals surface area (Å²) in [5.41, 5.74) is 16.3. The molecule has 6 heterocycles. The Morgan fingerprint density at radius 3 is 0.800 bits per heavy atom. The number of benzene rings is 12. The van der Waals surface area contributed by atoms with Gasteiger partial charge in [-0.3, -0.25) is 0 Å². The van der Waals surface area contributed by atoms with Crippen molar-refractivity contribution in [2.24, 2.45) is 0 Å². The zero-order valence-electron chi connectivity index (χ0n) is 45.5. The standard InChI is InChI=1S/C76H46N8S/c1-3-25-47(26-4-1)73-78-74(48-27-5-2-6-28-48)80-75(79-73)67-69(81-58-38-16-7-29-49(58)50-30-8-17-39-59(50)81)71(83-62-42-20-11-33-53(62)54-34-12-21-43-63(54)83)68(76-77-57-37-15-24-46-66(57)85-76)72(84-64-44-22-13-35-55(64)56-36-14-23-45-65(56)84)70(67)82-60-40-18-9-31-51(60)52-32-10-19-41-61(52)82/h1-46H. The van der Waals surface area contributed by atoms with Gasteiger partial charge in [-0.25, -0.2) is 19.9 Å². The van der Waals surface area contributed by atoms with Gasteiger partial charge in [0, 0.05) is 54.2 Å². The van der Waals surface area contributed by atoms with Gasteiger partial charge in [0.2, 0.25) is 0 Å². The Labute approximate surface area is 490 Å². The lowest BCUT2D eigenvalue weighted by atomic mass is 9.96. The molecule has 396 valence electrons. The van der Waals surface area contributed by atoms with Crippen LogP contribution in [0.15, 0.2) is 279 Å². The fraction of sp³-hybridized carbons (Fsp3) is 0. The van der Waals surface area contributed by atoms with Gasteiger partial charge in [-0.15, -0.1) is 11.3 Å². The van der Waals surface area contributed by atoms with Crippen LogP contribution in [0.1, 0.15) is 0 Å². The van der Waals surface area contributed by atoms with Gasteiger partial charge in [0.1, 0.15) is 5.01 Å². The van der Waals surface area contributed by atoms with E-state index in [-0.39, 0.29) is 0 Å². The van der Waals surface area contributed by atoms with Crippen LogP contribution in [0.2, 0.25) is 0 Å². The Balaban J connectivity index is 1.23. The third-order valence-corrected chi connectivity index (χ3v) is 18.1. The number of hydrogen-bond acceptors (Lipinski definition) is 5. The van der Waals surface area contributed by atoms with Gasteiger partial charge < -0.3 is 18.3 Å². The molecule has 18 aromatic rings. The highest BCUT2D eigenvalue weighted by Crippen LogP contribution is 2.55. The van der Waals surface area contributed by atoms with E-state index in [1.54, 1.807) is 11.3 Å². The first-order valence-corrected chi connectivity index (χ1v) is 29.5. The van der Waals surface area contributed by atoms with E-state index in [0.717, 1.165) is 147 Å². The van der Waals surface area contributed by atoms with Gasteiger partial charge in [-0.2, -0.15) is 0 Å². The highest BCUT2D eigenvalue weighted by atomic mass is 32.1. The quantitative estimate of drug-likeness (QED) is 0.152. The summed E-state index contributed by atoms with van der Waals surface area (Å²) >= 11 is 1.72. The zero-order valence-corrected chi connectivity index (χ0v) is 46.4. The topological polar surface area (TPSA) is 71.3 Å². The summed E-state index contributed by atoms with van der Waals surface area (Å²) in [7, 11) is 0. The molecule has 8 nitrogen and oxygen atoms in total. The summed E-state index contributed by atoms with van der Waals surface area (Å²) in [6.45, 7) is 0. The molecule has 0 radical (unpaired) electrons. The fourth-order valence-electron chi connectivity index (χ4n) is 13.5. The summed E-state index contributed by atoms with van der Waals surface area (Å²) < 4.78 is 11.2. The first-order chi connectivity index (χ1) is 42.2. The molecule has 0 unspecified atom stereocenters. The Hall–Kier alpha value is -11.3. The van der Waals surface area contributed by atoms with E-state index in [4.69, 9.17) is 19.9 Å². The number of fused-ring (bicyclic) bond motifs is 13. The minimum absolute atomic E-state index is 0.501. The van der Waals surface area contributed by atoms with Crippen LogP contribution in [-0.2, 0) is 0 Å². The molecule has 0 saturated heterocycles. The largest absolute Gasteiger partial charge is 0.306 e. The van der Waals surface area contributed by atoms with Gasteiger partial charge in [0.15, 0.2) is 17.5 Å². The second-order valence-electron chi connectivity index (χ2n) is 21.6. The van der Waals surface area contributed by atoms with E-state index < -0.39 is 0 Å². The Kier molecular flexibility index (Phi) is 10.4. The molecule has 0 atom stereocenters. The summed E-state index contributed by atoms with van der Waals surface area (Å²) in [6.07, 6.45) is 0. The summed E-state index contributed by atoms with van der Waals surface area (Å²) in [5, 5.41) is 9.86. The van der Waals surface area contributed by atoms with E-state index >= 15 is 0 Å². The zero-order chi connectivity index (χ0) is 55.7. The van der Waals surface area contributed by atoms with Crippen molar-refractivity contribution in [3.63, 3.8) is 0 Å². The average Bonchev–Trinajstić information content (AvgIpc) is 1.68. The minimum atomic E-state index is 0.501. The molecule has 0 spiro atoms. The lowest BCUT2D eigenvalue weighted by Gasteiger charge is -2.30. The molecule has 0 N–H and O–H groups in total. The van der Waals surface area contributed by atoms with Gasteiger partial charge in [-0.05, 0) is 60.7 Å². The molecule has 12 aromatic carbocycles. The van der Waals surface area contributed by atoms with Crippen molar-refractivity contribution in [3.05, 3.63) is 279 Å². The van der Waals surface area contributed by atoms with Crippen LogP contribution in [0.4, 0.5) is 0 Å². The van der Waals surface area contributed by atoms with E-state index in [0.29, 0.717) is 17.5 Å². The molecule has 18 rings (SSSR count). The second kappa shape index (κ2) is 18.6. The van der Waals surface area contributed by atoms with Crippen molar-refractivity contribution in [2.45, 2.75) is 0 Å². The molecule has 85 heavy (non-hydrogen) atoms. The number of para-hydroxylation sites is 9. The number of thiazole rings is 1. The van der Waals surface area contributed by atoms with Crippen LogP contribution < -0.4 is 0 Å². The average molecular weight is 1100 g/mol. The van der Waals surface area contributed by atoms with Gasteiger partial charge in [0.05, 0.1) is 88.2 Å². The maximum absolute atomic E-state index is 5.91. The molecule has 0 fully saturated rings. The van der Waals surface area contributed by atoms with Crippen LogP contribution in [-0.4, -0.2) is 38.2 Å². The number of hydrogen-bond donors (Lipinski definition) is 0. The summed E-state index contributed by atoms with van der Waals surface area (Å²) in [4.78, 5) is 23.1. The lowest BCUT2D eigenvalue weighted by Crippen LogP contribution is -2.17. The second-order valence-corrected chi connectivity index (χ2v) is 22.7. The van der Waals surface area contributed by atoms with E-state index in [2.05, 4.69) is 285 Å². The van der Waals surface area contributed by atoms with Crippen LogP contribution in [0.3, 0.4) is 0 Å². The Morgan fingerprint density at radius 1 is 0.224 bits per heavy atom. The number of rotatable bonds is 8. The van der Waals surface area contributed by atoms with Gasteiger partial charge >= 0.3 is 0 Å². The van der Waals surface area contributed by atoms with Crippen LogP contribution in [0.5, 0.6) is 0 Å². The highest BCUT2D eigenvalue weighted by Gasteiger charge is 2.37. The summed E-state index contributed by atoms with van der Waals surface area (Å²) in [5.74, 6) is 1.61. The van der Waals surface area contributed by atoms with Crippen molar-refractivity contribution < 1.29 is 0 Å². The Bertz CT molecular complexity index is 5190. The smallest absolute Gasteiger partial charge is 0.168 e. The van der Waals surface area contributed by atoms with Gasteiger partial charge in [0.25, 0.3) is 0 Å². The SMILES string of the molecule is c1ccc(-c2nc(-c3ccccc3)nc(-c3c(-n4c5ccccc5c5ccccc54)c(-n4c5ccccc5c5ccccc54)c(-c4nc5ccccc5s4)c(-n4c5ccccc5c5ccccc54)c3-n3c4ccccc4c4ccccc43)n2)cc1. The third-order valence-electron chi connectivity index (χ3n) is 17.0. The van der Waals surface area contributed by atoms with E-state index in [1.165, 1.54) is 0 Å². The van der Waals surface area contributed by atoms with Crippen molar-refractivity contribution in [1.82, 2.24) is 38.2 Å². The van der Waals surface area contributed by atoms with Crippen molar-refractivity contribution in [2.75, 3.05) is 0 Å². The number of aromatic nitrogens is 8. The van der Waals surface area contributed by atoms with Crippen LogP contribution >= 0.6 is 11.3 Å². The first kappa shape index (κ1) is 47.4. The maximum atomic E-state index is 5.91. The third kappa shape index (κ3) is 7.02. The molecule has 0 aliphatic heterocycles. The molecule has 9 heteroatoms. The molecule has 0 bridgehead atoms. The predicted octanol–water partition coefficient (Wildman–Crippen LogP) is 19.5. The Morgan fingerprint density at radius 2 is 0.482 bits per heavy atom. The minimum Gasteiger partial charge on any atom is -0.306 e. The molecular weight excluding hydrogens is 1060 g/mol. The fourth-order valence-corrected chi connectivity index (χ4v) is 14.5. The molecule has 0 aliphatic rings. The molecule has 0 saturated carbocycles. The monoisotopic (exact) mass is 1100 g/mol. The molecule has 0 aliphatic carbocycles. The lowest BCUT2D eigenvalue weighted by molar-refractivity contribution is 1.02. The summed E-state index contributed by atoms with van der Waals surface area (Å²) in [6, 6.07) is 100. The molecule has 0 amide bonds. The van der Waals surface area contributed by atoms with Crippen LogP contribution in [0, 0.1) is 0 Å². The van der Waals surface area contributed by atoms with Crippen molar-refractivity contribution in [3.8, 4) is 67.5 Å². The highest BCUT2D eigenvalue weighted by molar-refractivity contribution is 7.21. The predicted molar refractivity (Wildman–Crippen MR) is 352 cm³/mol. The maximum Gasteiger partial charge on any atom is 0.168 e. The first-order valence-electron chi connectivity index (χ1n) is 28.6. The van der Waals surface area contributed by atoms with Crippen molar-refractivity contribution >= 4 is 109 Å². The number of nitrogens with zero attached hydrogens (tertiary/aromatic N) is 8. The van der Waals surface area contributed by atoms with E-state index in [9.17, 15) is 0 Å². The van der Waals surface area contributed by atoms with Gasteiger partial charge in [-0.1, -0.05) is 218 Å². The molecule has 6 aromatic heterocycles. The van der Waals surface area contributed by atoms with Crippen LogP contribution in [0.25, 0.3) is 165 Å². The molecular formula is C76H46N8S. The normalized spacial score (nSPS) is 12.0. The van der Waals surface area contributed by atoms with Crippen molar-refractivity contribution in [1.29, 1.82) is 0 Å².